The smallest absolute Gasteiger partial charge is 0.462 e. The molecule has 0 amide bonds. The van der Waals surface area contributed by atoms with E-state index in [0.717, 1.165) is 0 Å². The highest BCUT2D eigenvalue weighted by atomic mass is 19.4. The predicted molar refractivity (Wildman–Crippen MR) is 112 cm³/mol. The SMILES string of the molecule is CCOC(=O)C(=CNc1ccc(NCc2cccc(OC(F)(F)F)c2)cc1)C(=O)OCC. The maximum atomic E-state index is 12.3. The zero-order chi connectivity index (χ0) is 23.6. The molecule has 0 spiro atoms. The van der Waals surface area contributed by atoms with Crippen LogP contribution in [0.5, 0.6) is 5.75 Å². The van der Waals surface area contributed by atoms with Crippen LogP contribution in [0.1, 0.15) is 19.4 Å². The normalized spacial score (nSPS) is 10.7. The van der Waals surface area contributed by atoms with Gasteiger partial charge in [-0.05, 0) is 55.8 Å². The molecule has 0 saturated carbocycles. The van der Waals surface area contributed by atoms with Crippen LogP contribution < -0.4 is 15.4 Å². The third-order valence-corrected chi connectivity index (χ3v) is 3.89. The quantitative estimate of drug-likeness (QED) is 0.235. The van der Waals surface area contributed by atoms with E-state index in [1.165, 1.54) is 24.4 Å². The maximum absolute atomic E-state index is 12.3. The number of carbonyl (C=O) groups is 2. The first-order valence-corrected chi connectivity index (χ1v) is 9.71. The monoisotopic (exact) mass is 452 g/mol. The van der Waals surface area contributed by atoms with Crippen LogP contribution >= 0.6 is 0 Å². The van der Waals surface area contributed by atoms with Crippen molar-refractivity contribution in [2.75, 3.05) is 23.8 Å². The standard InChI is InChI=1S/C22H23F3N2O5/c1-3-30-20(28)19(21(29)31-4-2)14-27-17-10-8-16(9-11-17)26-13-15-6-5-7-18(12-15)32-22(23,24)25/h5-12,14,26-27H,3-4,13H2,1-2H3. The number of benzene rings is 2. The van der Waals surface area contributed by atoms with Crippen LogP contribution in [0.3, 0.4) is 0 Å². The Kier molecular flexibility index (Phi) is 8.94. The third-order valence-electron chi connectivity index (χ3n) is 3.89. The molecule has 0 aromatic heterocycles. The molecule has 172 valence electrons. The molecule has 2 N–H and O–H groups in total. The lowest BCUT2D eigenvalue weighted by atomic mass is 10.2. The molecule has 0 radical (unpaired) electrons. The molecule has 32 heavy (non-hydrogen) atoms. The van der Waals surface area contributed by atoms with Gasteiger partial charge >= 0.3 is 18.3 Å². The van der Waals surface area contributed by atoms with E-state index in [4.69, 9.17) is 9.47 Å². The van der Waals surface area contributed by atoms with E-state index < -0.39 is 18.3 Å². The van der Waals surface area contributed by atoms with Crippen molar-refractivity contribution in [2.24, 2.45) is 0 Å². The molecule has 2 aromatic rings. The number of hydrogen-bond donors (Lipinski definition) is 2. The first-order valence-electron chi connectivity index (χ1n) is 9.71. The van der Waals surface area contributed by atoms with Crippen molar-refractivity contribution in [2.45, 2.75) is 26.8 Å². The fourth-order valence-corrected chi connectivity index (χ4v) is 2.52. The summed E-state index contributed by atoms with van der Waals surface area (Å²) in [6.45, 7) is 3.75. The Morgan fingerprint density at radius 1 is 0.938 bits per heavy atom. The van der Waals surface area contributed by atoms with Gasteiger partial charge in [0.1, 0.15) is 5.75 Å². The summed E-state index contributed by atoms with van der Waals surface area (Å²) in [6, 6.07) is 12.5. The minimum absolute atomic E-state index is 0.112. The van der Waals surface area contributed by atoms with Crippen LogP contribution in [0.25, 0.3) is 0 Å². The van der Waals surface area contributed by atoms with Crippen LogP contribution in [-0.2, 0) is 25.6 Å². The van der Waals surface area contributed by atoms with E-state index in [1.54, 1.807) is 44.2 Å². The number of anilines is 2. The summed E-state index contributed by atoms with van der Waals surface area (Å²) in [5.41, 5.74) is 1.63. The van der Waals surface area contributed by atoms with Crippen molar-refractivity contribution in [3.05, 3.63) is 65.9 Å². The first-order chi connectivity index (χ1) is 15.2. The molecule has 0 aliphatic heterocycles. The second-order valence-corrected chi connectivity index (χ2v) is 6.27. The summed E-state index contributed by atoms with van der Waals surface area (Å²) < 4.78 is 50.7. The maximum Gasteiger partial charge on any atom is 0.573 e. The van der Waals surface area contributed by atoms with Gasteiger partial charge in [-0.2, -0.15) is 0 Å². The van der Waals surface area contributed by atoms with Gasteiger partial charge in [-0.15, -0.1) is 13.2 Å². The average molecular weight is 452 g/mol. The van der Waals surface area contributed by atoms with Crippen molar-refractivity contribution in [1.29, 1.82) is 0 Å². The van der Waals surface area contributed by atoms with E-state index in [-0.39, 0.29) is 31.1 Å². The molecule has 0 saturated heterocycles. The first kappa shape index (κ1) is 24.6. The van der Waals surface area contributed by atoms with Crippen molar-refractivity contribution in [3.63, 3.8) is 0 Å². The lowest BCUT2D eigenvalue weighted by molar-refractivity contribution is -0.274. The molecule has 0 aliphatic carbocycles. The zero-order valence-electron chi connectivity index (χ0n) is 17.5. The van der Waals surface area contributed by atoms with E-state index in [1.807, 2.05) is 0 Å². The number of ether oxygens (including phenoxy) is 3. The van der Waals surface area contributed by atoms with Crippen molar-refractivity contribution < 1.29 is 37.0 Å². The Morgan fingerprint density at radius 2 is 1.53 bits per heavy atom. The van der Waals surface area contributed by atoms with Gasteiger partial charge in [-0.25, -0.2) is 9.59 Å². The van der Waals surface area contributed by atoms with Crippen LogP contribution in [-0.4, -0.2) is 31.5 Å². The molecule has 0 unspecified atom stereocenters. The van der Waals surface area contributed by atoms with Crippen LogP contribution in [0.2, 0.25) is 0 Å². The number of alkyl halides is 3. The molecule has 0 aliphatic rings. The van der Waals surface area contributed by atoms with Gasteiger partial charge in [0, 0.05) is 24.1 Å². The van der Waals surface area contributed by atoms with Gasteiger partial charge in [0.15, 0.2) is 5.57 Å². The molecular weight excluding hydrogens is 429 g/mol. The Balaban J connectivity index is 1.99. The predicted octanol–water partition coefficient (Wildman–Crippen LogP) is 4.62. The molecule has 0 atom stereocenters. The largest absolute Gasteiger partial charge is 0.573 e. The van der Waals surface area contributed by atoms with Gasteiger partial charge in [0.2, 0.25) is 0 Å². The summed E-state index contributed by atoms with van der Waals surface area (Å²) in [7, 11) is 0. The summed E-state index contributed by atoms with van der Waals surface area (Å²) in [5.74, 6) is -1.89. The Hall–Kier alpha value is -3.69. The molecule has 0 heterocycles. The van der Waals surface area contributed by atoms with Crippen molar-refractivity contribution in [1.82, 2.24) is 0 Å². The van der Waals surface area contributed by atoms with E-state index in [9.17, 15) is 22.8 Å². The Bertz CT molecular complexity index is 923. The van der Waals surface area contributed by atoms with E-state index >= 15 is 0 Å². The molecule has 0 bridgehead atoms. The Labute approximate surface area is 183 Å². The number of carbonyl (C=O) groups excluding carboxylic acids is 2. The van der Waals surface area contributed by atoms with Crippen LogP contribution in [0.4, 0.5) is 24.5 Å². The fourth-order valence-electron chi connectivity index (χ4n) is 2.52. The molecule has 10 heteroatoms. The summed E-state index contributed by atoms with van der Waals surface area (Å²) in [4.78, 5) is 23.9. The second kappa shape index (κ2) is 11.6. The van der Waals surface area contributed by atoms with Gasteiger partial charge < -0.3 is 24.8 Å². The van der Waals surface area contributed by atoms with Crippen molar-refractivity contribution >= 4 is 23.3 Å². The molecular formula is C22H23F3N2O5. The minimum atomic E-state index is -4.75. The highest BCUT2D eigenvalue weighted by Crippen LogP contribution is 2.24. The highest BCUT2D eigenvalue weighted by Gasteiger charge is 2.31. The highest BCUT2D eigenvalue weighted by molar-refractivity contribution is 6.14. The number of hydrogen-bond acceptors (Lipinski definition) is 7. The average Bonchev–Trinajstić information content (AvgIpc) is 2.73. The van der Waals surface area contributed by atoms with Gasteiger partial charge in [-0.3, -0.25) is 0 Å². The fraction of sp³-hybridized carbons (Fsp3) is 0.273. The topological polar surface area (TPSA) is 85.9 Å². The lowest BCUT2D eigenvalue weighted by Crippen LogP contribution is -2.19. The number of halogens is 3. The zero-order valence-corrected chi connectivity index (χ0v) is 17.5. The van der Waals surface area contributed by atoms with Crippen LogP contribution in [0.15, 0.2) is 60.3 Å². The van der Waals surface area contributed by atoms with Gasteiger partial charge in [0.05, 0.1) is 13.2 Å². The van der Waals surface area contributed by atoms with Crippen molar-refractivity contribution in [3.8, 4) is 5.75 Å². The lowest BCUT2D eigenvalue weighted by Gasteiger charge is -2.11. The number of rotatable bonds is 10. The van der Waals surface area contributed by atoms with Gasteiger partial charge in [0.25, 0.3) is 0 Å². The molecule has 2 aromatic carbocycles. The Morgan fingerprint density at radius 3 is 2.09 bits per heavy atom. The summed E-state index contributed by atoms with van der Waals surface area (Å²) in [6.07, 6.45) is -3.53. The number of esters is 2. The molecule has 7 nitrogen and oxygen atoms in total. The van der Waals surface area contributed by atoms with Gasteiger partial charge in [-0.1, -0.05) is 12.1 Å². The summed E-state index contributed by atoms with van der Waals surface area (Å²) >= 11 is 0. The van der Waals surface area contributed by atoms with E-state index in [0.29, 0.717) is 16.9 Å². The third kappa shape index (κ3) is 8.21. The minimum Gasteiger partial charge on any atom is -0.462 e. The molecule has 2 rings (SSSR count). The summed E-state index contributed by atoms with van der Waals surface area (Å²) in [5, 5.41) is 5.92. The molecule has 0 fully saturated rings. The van der Waals surface area contributed by atoms with Crippen LogP contribution in [0, 0.1) is 0 Å². The second-order valence-electron chi connectivity index (χ2n) is 6.27. The van der Waals surface area contributed by atoms with E-state index in [2.05, 4.69) is 15.4 Å². The number of nitrogens with one attached hydrogen (secondary N) is 2.